The Kier molecular flexibility index (Phi) is 6.11. The van der Waals surface area contributed by atoms with Gasteiger partial charge in [0, 0.05) is 35.9 Å². The minimum Gasteiger partial charge on any atom is -0.277 e. The summed E-state index contributed by atoms with van der Waals surface area (Å²) < 4.78 is 3.29. The standard InChI is InChI=1S/C30H24BrNOS/c1-19-10-4-6-12-23(19)29(31)21(3)30(33)32(26-14-8-5-11-20(26)2)22-16-17-28-25(18-22)24-13-7-9-15-27(24)34-28/h4-18H,1-3H3/b29-21-. The number of rotatable bonds is 4. The number of amides is 1. The number of anilines is 2. The van der Waals surface area contributed by atoms with Crippen molar-refractivity contribution in [2.75, 3.05) is 4.90 Å². The highest BCUT2D eigenvalue weighted by Gasteiger charge is 2.24. The molecule has 0 unspecified atom stereocenters. The molecule has 0 spiro atoms. The molecule has 0 atom stereocenters. The van der Waals surface area contributed by atoms with E-state index in [1.54, 1.807) is 11.3 Å². The lowest BCUT2D eigenvalue weighted by atomic mass is 10.0. The number of carbonyl (C=O) groups is 1. The summed E-state index contributed by atoms with van der Waals surface area (Å²) in [5, 5.41) is 2.39. The SMILES string of the molecule is C/C(C(=O)N(c1ccc2sc3ccccc3c2c1)c1ccccc1C)=C(/Br)c1ccccc1C. The van der Waals surface area contributed by atoms with Gasteiger partial charge < -0.3 is 0 Å². The van der Waals surface area contributed by atoms with Gasteiger partial charge in [0.25, 0.3) is 5.91 Å². The van der Waals surface area contributed by atoms with Gasteiger partial charge in [-0.2, -0.15) is 0 Å². The van der Waals surface area contributed by atoms with E-state index >= 15 is 0 Å². The fourth-order valence-electron chi connectivity index (χ4n) is 4.32. The topological polar surface area (TPSA) is 20.3 Å². The lowest BCUT2D eigenvalue weighted by Crippen LogP contribution is -2.27. The highest BCUT2D eigenvalue weighted by atomic mass is 79.9. The van der Waals surface area contributed by atoms with Crippen molar-refractivity contribution < 1.29 is 4.79 Å². The number of thiophene rings is 1. The molecule has 0 aliphatic heterocycles. The Balaban J connectivity index is 1.70. The van der Waals surface area contributed by atoms with E-state index in [1.807, 2.05) is 61.2 Å². The quantitative estimate of drug-likeness (QED) is 0.214. The second kappa shape index (κ2) is 9.21. The van der Waals surface area contributed by atoms with Crippen LogP contribution in [0.25, 0.3) is 24.7 Å². The van der Waals surface area contributed by atoms with Crippen molar-refractivity contribution in [1.29, 1.82) is 0 Å². The molecule has 1 aromatic heterocycles. The zero-order chi connectivity index (χ0) is 23.8. The second-order valence-electron chi connectivity index (χ2n) is 8.46. The van der Waals surface area contributed by atoms with Crippen molar-refractivity contribution >= 4 is 69.2 Å². The molecule has 1 amide bonds. The van der Waals surface area contributed by atoms with Gasteiger partial charge in [0.1, 0.15) is 0 Å². The zero-order valence-electron chi connectivity index (χ0n) is 19.3. The van der Waals surface area contributed by atoms with Crippen molar-refractivity contribution in [2.45, 2.75) is 20.8 Å². The van der Waals surface area contributed by atoms with Crippen molar-refractivity contribution in [1.82, 2.24) is 0 Å². The number of benzene rings is 4. The van der Waals surface area contributed by atoms with E-state index in [2.05, 4.69) is 71.4 Å². The molecular weight excluding hydrogens is 502 g/mol. The van der Waals surface area contributed by atoms with Crippen LogP contribution in [0.5, 0.6) is 0 Å². The highest BCUT2D eigenvalue weighted by Crippen LogP contribution is 2.39. The maximum atomic E-state index is 14.1. The average Bonchev–Trinajstić information content (AvgIpc) is 3.23. The lowest BCUT2D eigenvalue weighted by Gasteiger charge is -2.26. The van der Waals surface area contributed by atoms with E-state index in [4.69, 9.17) is 0 Å². The normalized spacial score (nSPS) is 12.1. The smallest absolute Gasteiger partial charge is 0.259 e. The van der Waals surface area contributed by atoms with Crippen LogP contribution in [-0.2, 0) is 4.79 Å². The van der Waals surface area contributed by atoms with Gasteiger partial charge in [-0.15, -0.1) is 11.3 Å². The van der Waals surface area contributed by atoms with Gasteiger partial charge in [-0.1, -0.05) is 60.7 Å². The van der Waals surface area contributed by atoms with Crippen LogP contribution in [0.15, 0.2) is 96.6 Å². The maximum Gasteiger partial charge on any atom is 0.259 e. The maximum absolute atomic E-state index is 14.1. The molecule has 0 saturated heterocycles. The third kappa shape index (κ3) is 3.97. The number of fused-ring (bicyclic) bond motifs is 3. The number of aryl methyl sites for hydroxylation is 2. The van der Waals surface area contributed by atoms with Crippen LogP contribution in [0.3, 0.4) is 0 Å². The van der Waals surface area contributed by atoms with Crippen molar-refractivity contribution in [3.63, 3.8) is 0 Å². The highest BCUT2D eigenvalue weighted by molar-refractivity contribution is 9.15. The van der Waals surface area contributed by atoms with Crippen LogP contribution in [0.4, 0.5) is 11.4 Å². The number of halogens is 1. The molecule has 4 aromatic carbocycles. The van der Waals surface area contributed by atoms with Crippen molar-refractivity contribution in [3.8, 4) is 0 Å². The van der Waals surface area contributed by atoms with E-state index in [1.165, 1.54) is 20.2 Å². The number of carbonyl (C=O) groups excluding carboxylic acids is 1. The van der Waals surface area contributed by atoms with E-state index in [9.17, 15) is 4.79 Å². The molecule has 1 heterocycles. The molecular formula is C30H24BrNOS. The molecule has 0 saturated carbocycles. The first-order valence-electron chi connectivity index (χ1n) is 11.2. The summed E-state index contributed by atoms with van der Waals surface area (Å²) in [7, 11) is 0. The number of nitrogens with zero attached hydrogens (tertiary/aromatic N) is 1. The molecule has 5 aromatic rings. The van der Waals surface area contributed by atoms with E-state index in [0.29, 0.717) is 5.57 Å². The van der Waals surface area contributed by atoms with Crippen LogP contribution >= 0.6 is 27.3 Å². The van der Waals surface area contributed by atoms with Gasteiger partial charge >= 0.3 is 0 Å². The molecule has 34 heavy (non-hydrogen) atoms. The van der Waals surface area contributed by atoms with Crippen molar-refractivity contribution in [3.05, 3.63) is 113 Å². The Labute approximate surface area is 212 Å². The first kappa shape index (κ1) is 22.6. The van der Waals surface area contributed by atoms with E-state index in [0.717, 1.165) is 32.5 Å². The Bertz CT molecular complexity index is 1580. The predicted octanol–water partition coefficient (Wildman–Crippen LogP) is 9.16. The minimum absolute atomic E-state index is 0.0525. The molecule has 0 radical (unpaired) electrons. The van der Waals surface area contributed by atoms with Crippen LogP contribution in [0.1, 0.15) is 23.6 Å². The largest absolute Gasteiger partial charge is 0.277 e. The molecule has 4 heteroatoms. The zero-order valence-corrected chi connectivity index (χ0v) is 21.7. The summed E-state index contributed by atoms with van der Waals surface area (Å²) in [6.45, 7) is 6.00. The minimum atomic E-state index is -0.0525. The molecule has 0 aliphatic carbocycles. The van der Waals surface area contributed by atoms with Crippen molar-refractivity contribution in [2.24, 2.45) is 0 Å². The fraction of sp³-hybridized carbons (Fsp3) is 0.100. The molecule has 0 N–H and O–H groups in total. The van der Waals surface area contributed by atoms with E-state index < -0.39 is 0 Å². The van der Waals surface area contributed by atoms with Gasteiger partial charge in [-0.05, 0) is 83.7 Å². The van der Waals surface area contributed by atoms with Gasteiger partial charge in [-0.25, -0.2) is 0 Å². The second-order valence-corrected chi connectivity index (χ2v) is 10.3. The molecule has 2 nitrogen and oxygen atoms in total. The third-order valence-corrected chi connectivity index (χ3v) is 8.38. The molecule has 5 rings (SSSR count). The van der Waals surface area contributed by atoms with Gasteiger partial charge in [0.05, 0.1) is 5.69 Å². The predicted molar refractivity (Wildman–Crippen MR) is 150 cm³/mol. The summed E-state index contributed by atoms with van der Waals surface area (Å²) in [6, 6.07) is 30.9. The first-order valence-corrected chi connectivity index (χ1v) is 12.8. The van der Waals surface area contributed by atoms with Crippen LogP contribution in [-0.4, -0.2) is 5.91 Å². The van der Waals surface area contributed by atoms with Gasteiger partial charge in [-0.3, -0.25) is 9.69 Å². The van der Waals surface area contributed by atoms with Crippen LogP contribution in [0, 0.1) is 13.8 Å². The Hall–Kier alpha value is -3.21. The molecule has 168 valence electrons. The van der Waals surface area contributed by atoms with Gasteiger partial charge in [0.2, 0.25) is 0 Å². The lowest BCUT2D eigenvalue weighted by molar-refractivity contribution is -0.114. The molecule has 0 fully saturated rings. The first-order chi connectivity index (χ1) is 16.5. The Morgan fingerprint density at radius 1 is 0.765 bits per heavy atom. The van der Waals surface area contributed by atoms with Gasteiger partial charge in [0.15, 0.2) is 0 Å². The number of hydrogen-bond acceptors (Lipinski definition) is 2. The third-order valence-electron chi connectivity index (χ3n) is 6.21. The Morgan fingerprint density at radius 3 is 2.18 bits per heavy atom. The summed E-state index contributed by atoms with van der Waals surface area (Å²) in [6.07, 6.45) is 0. The van der Waals surface area contributed by atoms with E-state index in [-0.39, 0.29) is 5.91 Å². The van der Waals surface area contributed by atoms with Crippen LogP contribution < -0.4 is 4.90 Å². The van der Waals surface area contributed by atoms with Crippen LogP contribution in [0.2, 0.25) is 0 Å². The molecule has 0 aliphatic rings. The summed E-state index contributed by atoms with van der Waals surface area (Å²) >= 11 is 5.51. The monoisotopic (exact) mass is 525 g/mol. The summed E-state index contributed by atoms with van der Waals surface area (Å²) in [5.74, 6) is -0.0525. The molecule has 0 bridgehead atoms. The summed E-state index contributed by atoms with van der Waals surface area (Å²) in [5.41, 5.74) is 5.60. The number of hydrogen-bond donors (Lipinski definition) is 0. The number of para-hydroxylation sites is 1. The fourth-order valence-corrected chi connectivity index (χ4v) is 6.02. The Morgan fingerprint density at radius 2 is 1.41 bits per heavy atom. The average molecular weight is 526 g/mol. The summed E-state index contributed by atoms with van der Waals surface area (Å²) in [4.78, 5) is 15.9.